The van der Waals surface area contributed by atoms with Gasteiger partial charge in [-0.05, 0) is 42.0 Å². The first-order valence-electron chi connectivity index (χ1n) is 9.97. The Kier molecular flexibility index (Phi) is 7.49. The number of para-hydroxylation sites is 2. The molecule has 0 saturated carbocycles. The summed E-state index contributed by atoms with van der Waals surface area (Å²) in [7, 11) is 1.56. The molecule has 0 bridgehead atoms. The number of methoxy groups -OCH3 is 1. The lowest BCUT2D eigenvalue weighted by atomic mass is 10.2. The molecule has 4 aromatic rings. The number of ether oxygens (including phenoxy) is 2. The molecule has 1 aromatic heterocycles. The molecule has 1 N–H and O–H groups in total. The molecule has 0 unspecified atom stereocenters. The van der Waals surface area contributed by atoms with Gasteiger partial charge in [0.15, 0.2) is 17.1 Å². The van der Waals surface area contributed by atoms with Crippen LogP contribution in [-0.2, 0) is 11.4 Å². The van der Waals surface area contributed by atoms with E-state index >= 15 is 0 Å². The number of carbonyl (C=O) groups is 1. The highest BCUT2D eigenvalue weighted by Gasteiger charge is 2.09. The Morgan fingerprint density at radius 1 is 1.15 bits per heavy atom. The summed E-state index contributed by atoms with van der Waals surface area (Å²) in [5.41, 5.74) is 5.56. The topological polar surface area (TPSA) is 86.0 Å². The highest BCUT2D eigenvalue weighted by molar-refractivity contribution is 7.99. The Morgan fingerprint density at radius 3 is 2.79 bits per heavy atom. The number of nitrogens with zero attached hydrogens (tertiary/aromatic N) is 2. The van der Waals surface area contributed by atoms with Crippen LogP contribution in [0.15, 0.2) is 81.5 Å². The number of carbonyl (C=O) groups excluding carboxylic acids is 1. The number of rotatable bonds is 9. The molecule has 4 rings (SSSR count). The minimum Gasteiger partial charge on any atom is -0.493 e. The van der Waals surface area contributed by atoms with Gasteiger partial charge in [0.05, 0.1) is 19.1 Å². The highest BCUT2D eigenvalue weighted by Crippen LogP contribution is 2.29. The molecule has 1 amide bonds. The van der Waals surface area contributed by atoms with E-state index in [4.69, 9.17) is 25.5 Å². The van der Waals surface area contributed by atoms with Gasteiger partial charge in [-0.1, -0.05) is 53.7 Å². The number of hydrazone groups is 1. The largest absolute Gasteiger partial charge is 0.493 e. The van der Waals surface area contributed by atoms with Crippen molar-refractivity contribution in [3.8, 4) is 11.5 Å². The van der Waals surface area contributed by atoms with Crippen molar-refractivity contribution in [1.29, 1.82) is 0 Å². The van der Waals surface area contributed by atoms with Gasteiger partial charge in [-0.15, -0.1) is 0 Å². The smallest absolute Gasteiger partial charge is 0.257 e. The monoisotopic (exact) mass is 481 g/mol. The van der Waals surface area contributed by atoms with E-state index in [1.165, 1.54) is 18.0 Å². The molecule has 0 aliphatic heterocycles. The molecule has 33 heavy (non-hydrogen) atoms. The molecule has 0 aliphatic carbocycles. The van der Waals surface area contributed by atoms with Gasteiger partial charge in [0.1, 0.15) is 12.1 Å². The van der Waals surface area contributed by atoms with E-state index in [2.05, 4.69) is 15.5 Å². The molecular formula is C24H20ClN3O4S. The first-order valence-corrected chi connectivity index (χ1v) is 11.3. The fourth-order valence-corrected chi connectivity index (χ4v) is 3.73. The van der Waals surface area contributed by atoms with E-state index in [0.29, 0.717) is 33.9 Å². The van der Waals surface area contributed by atoms with Gasteiger partial charge >= 0.3 is 0 Å². The quantitative estimate of drug-likeness (QED) is 0.198. The van der Waals surface area contributed by atoms with Crippen LogP contribution in [0.1, 0.15) is 11.1 Å². The van der Waals surface area contributed by atoms with Crippen LogP contribution in [-0.4, -0.2) is 30.0 Å². The van der Waals surface area contributed by atoms with Gasteiger partial charge in [0.2, 0.25) is 0 Å². The number of halogens is 1. The summed E-state index contributed by atoms with van der Waals surface area (Å²) in [6, 6.07) is 20.3. The number of nitrogens with one attached hydrogen (secondary N) is 1. The van der Waals surface area contributed by atoms with Crippen molar-refractivity contribution < 1.29 is 18.7 Å². The second-order valence-electron chi connectivity index (χ2n) is 6.82. The number of hydrogen-bond donors (Lipinski definition) is 1. The fourth-order valence-electron chi connectivity index (χ4n) is 2.91. The Hall–Kier alpha value is -3.49. The van der Waals surface area contributed by atoms with Crippen LogP contribution in [0.3, 0.4) is 0 Å². The third-order valence-corrected chi connectivity index (χ3v) is 5.73. The Morgan fingerprint density at radius 2 is 1.97 bits per heavy atom. The first kappa shape index (κ1) is 22.7. The minimum absolute atomic E-state index is 0.127. The minimum atomic E-state index is -0.273. The maximum absolute atomic E-state index is 12.1. The van der Waals surface area contributed by atoms with Gasteiger partial charge in [0.25, 0.3) is 11.1 Å². The number of aromatic nitrogens is 1. The van der Waals surface area contributed by atoms with Gasteiger partial charge < -0.3 is 13.9 Å². The molecule has 168 valence electrons. The summed E-state index contributed by atoms with van der Waals surface area (Å²) in [6.45, 7) is 0.317. The zero-order valence-electron chi connectivity index (χ0n) is 17.7. The second kappa shape index (κ2) is 10.9. The van der Waals surface area contributed by atoms with Crippen molar-refractivity contribution in [2.24, 2.45) is 5.10 Å². The Labute approximate surface area is 199 Å². The van der Waals surface area contributed by atoms with Crippen molar-refractivity contribution >= 4 is 46.6 Å². The molecule has 1 heterocycles. The van der Waals surface area contributed by atoms with Gasteiger partial charge in [-0.2, -0.15) is 5.10 Å². The molecular weight excluding hydrogens is 462 g/mol. The lowest BCUT2D eigenvalue weighted by molar-refractivity contribution is -0.118. The number of amides is 1. The predicted molar refractivity (Wildman–Crippen MR) is 129 cm³/mol. The van der Waals surface area contributed by atoms with Crippen molar-refractivity contribution in [3.05, 3.63) is 82.9 Å². The van der Waals surface area contributed by atoms with Crippen LogP contribution in [0.25, 0.3) is 11.1 Å². The SMILES string of the molecule is COc1cc(/C=N\NC(=O)CSc2nc3ccccc3o2)ccc1OCc1ccccc1Cl. The Balaban J connectivity index is 1.30. The van der Waals surface area contributed by atoms with Gasteiger partial charge in [-0.25, -0.2) is 10.4 Å². The molecule has 0 radical (unpaired) electrons. The average Bonchev–Trinajstić information content (AvgIpc) is 3.26. The Bertz CT molecular complexity index is 1260. The molecule has 3 aromatic carbocycles. The molecule has 0 saturated heterocycles. The van der Waals surface area contributed by atoms with Gasteiger partial charge in [0, 0.05) is 10.6 Å². The number of fused-ring (bicyclic) bond motifs is 1. The molecule has 7 nitrogen and oxygen atoms in total. The van der Waals surface area contributed by atoms with Crippen LogP contribution in [0.4, 0.5) is 0 Å². The van der Waals surface area contributed by atoms with Crippen LogP contribution in [0.2, 0.25) is 5.02 Å². The lowest BCUT2D eigenvalue weighted by Crippen LogP contribution is -2.19. The predicted octanol–water partition coefficient (Wildman–Crippen LogP) is 5.31. The van der Waals surface area contributed by atoms with E-state index in [9.17, 15) is 4.79 Å². The third kappa shape index (κ3) is 6.06. The van der Waals surface area contributed by atoms with Crippen molar-refractivity contribution in [2.75, 3.05) is 12.9 Å². The molecule has 0 aliphatic rings. The van der Waals surface area contributed by atoms with Crippen molar-refractivity contribution in [2.45, 2.75) is 11.8 Å². The van der Waals surface area contributed by atoms with E-state index in [1.807, 2.05) is 54.6 Å². The average molecular weight is 482 g/mol. The van der Waals surface area contributed by atoms with E-state index in [-0.39, 0.29) is 11.7 Å². The summed E-state index contributed by atoms with van der Waals surface area (Å²) in [4.78, 5) is 16.4. The van der Waals surface area contributed by atoms with Crippen molar-refractivity contribution in [3.63, 3.8) is 0 Å². The number of benzene rings is 3. The summed E-state index contributed by atoms with van der Waals surface area (Å²) in [6.07, 6.45) is 1.53. The summed E-state index contributed by atoms with van der Waals surface area (Å²) in [5, 5.41) is 5.09. The second-order valence-corrected chi connectivity index (χ2v) is 8.15. The number of thioether (sulfide) groups is 1. The van der Waals surface area contributed by atoms with E-state index in [0.717, 1.165) is 16.6 Å². The van der Waals surface area contributed by atoms with E-state index in [1.54, 1.807) is 19.2 Å². The zero-order chi connectivity index (χ0) is 23.0. The first-order chi connectivity index (χ1) is 16.1. The molecule has 9 heteroatoms. The maximum Gasteiger partial charge on any atom is 0.257 e. The lowest BCUT2D eigenvalue weighted by Gasteiger charge is -2.12. The number of hydrogen-bond acceptors (Lipinski definition) is 7. The maximum atomic E-state index is 12.1. The normalized spacial score (nSPS) is 11.1. The molecule has 0 atom stereocenters. The highest BCUT2D eigenvalue weighted by atomic mass is 35.5. The standard InChI is InChI=1S/C24H20ClN3O4S/c1-30-22-12-16(10-11-21(22)31-14-17-6-2-3-7-18(17)25)13-26-28-23(29)15-33-24-27-19-8-4-5-9-20(19)32-24/h2-13H,14-15H2,1H3,(H,28,29)/b26-13-. The van der Waals surface area contributed by atoms with Crippen molar-refractivity contribution in [1.82, 2.24) is 10.4 Å². The van der Waals surface area contributed by atoms with Crippen LogP contribution in [0.5, 0.6) is 11.5 Å². The van der Waals surface area contributed by atoms with Crippen LogP contribution >= 0.6 is 23.4 Å². The summed E-state index contributed by atoms with van der Waals surface area (Å²) in [5.74, 6) is 0.977. The fraction of sp³-hybridized carbons (Fsp3) is 0.125. The summed E-state index contributed by atoms with van der Waals surface area (Å²) < 4.78 is 16.8. The summed E-state index contributed by atoms with van der Waals surface area (Å²) >= 11 is 7.38. The number of oxazole rings is 1. The van der Waals surface area contributed by atoms with Crippen LogP contribution in [0, 0.1) is 0 Å². The van der Waals surface area contributed by atoms with Gasteiger partial charge in [-0.3, -0.25) is 4.79 Å². The van der Waals surface area contributed by atoms with Crippen LogP contribution < -0.4 is 14.9 Å². The third-order valence-electron chi connectivity index (χ3n) is 4.53. The van der Waals surface area contributed by atoms with E-state index < -0.39 is 0 Å². The molecule has 0 fully saturated rings. The zero-order valence-corrected chi connectivity index (χ0v) is 19.2. The molecule has 0 spiro atoms.